The number of carbonyl (C=O) groups is 9. The highest BCUT2D eigenvalue weighted by Gasteiger charge is 2.31. The number of nitrogens with one attached hydrogen (secondary N) is 3. The summed E-state index contributed by atoms with van der Waals surface area (Å²) in [5.41, 5.74) is 9.88. The second-order valence-corrected chi connectivity index (χ2v) is 25.3. The molecule has 2 heterocycles. The van der Waals surface area contributed by atoms with Gasteiger partial charge in [0, 0.05) is 76.7 Å². The third-order valence-corrected chi connectivity index (χ3v) is 15.2. The van der Waals surface area contributed by atoms with Crippen LogP contribution < -0.4 is 27.4 Å². The Morgan fingerprint density at radius 1 is 0.500 bits per heavy atom. The SMILES string of the molecule is CC(C)(C)OC(=O)NCCCN(CCCNC(=O)OC(C)(C)C)C(=O)CCCC(=O)NCCC(=O)N(CC(=O)CCCCC[C@H](CC1SS1)C(N)=O)CC(=O)CCCCC[C@H](CC1SS1)C(N)=O. The number of Topliss-reactive ketones (excluding diaryl/α,β-unsaturated/α-hetero) is 2. The third kappa shape index (κ3) is 31.7. The van der Waals surface area contributed by atoms with E-state index in [1.165, 1.54) is 4.90 Å². The Hall–Kier alpha value is -3.37. The van der Waals surface area contributed by atoms with E-state index in [1.807, 2.05) is 0 Å². The summed E-state index contributed by atoms with van der Waals surface area (Å²) < 4.78 is 11.4. The van der Waals surface area contributed by atoms with Crippen LogP contribution in [0, 0.1) is 11.8 Å². The molecule has 0 aromatic heterocycles. The number of amides is 7. The lowest BCUT2D eigenvalue weighted by atomic mass is 9.97. The molecule has 2 aliphatic rings. The van der Waals surface area contributed by atoms with Gasteiger partial charge in [0.25, 0.3) is 0 Å². The summed E-state index contributed by atoms with van der Waals surface area (Å²) in [5, 5.41) is 8.09. The Bertz CT molecular complexity index is 1560. The van der Waals surface area contributed by atoms with Crippen molar-refractivity contribution in [2.45, 2.75) is 177 Å². The van der Waals surface area contributed by atoms with E-state index in [0.29, 0.717) is 60.8 Å². The number of hydrogen-bond acceptors (Lipinski definition) is 15. The highest BCUT2D eigenvalue weighted by molar-refractivity contribution is 8.93. The number of rotatable bonds is 37. The van der Waals surface area contributed by atoms with Gasteiger partial charge < -0.3 is 46.7 Å². The van der Waals surface area contributed by atoms with Gasteiger partial charge in [-0.15, -0.1) is 0 Å². The Morgan fingerprint density at radius 3 is 1.32 bits per heavy atom. The fraction of sp³-hybridized carbons (Fsp3) is 0.804. The van der Waals surface area contributed by atoms with E-state index in [-0.39, 0.29) is 118 Å². The normalized spacial score (nSPS) is 14.5. The topological polar surface area (TPSA) is 267 Å². The van der Waals surface area contributed by atoms with Crippen molar-refractivity contribution in [2.24, 2.45) is 23.3 Å². The van der Waals surface area contributed by atoms with Crippen molar-refractivity contribution >= 4 is 96.5 Å². The molecule has 22 heteroatoms. The molecule has 2 atom stereocenters. The second-order valence-electron chi connectivity index (χ2n) is 19.3. The molecule has 0 aromatic rings. The lowest BCUT2D eigenvalue weighted by molar-refractivity contribution is -0.138. The Balaban J connectivity index is 1.87. The molecule has 2 rings (SSSR count). The Kier molecular flexibility index (Phi) is 29.0. The van der Waals surface area contributed by atoms with E-state index in [9.17, 15) is 43.2 Å². The van der Waals surface area contributed by atoms with Crippen LogP contribution in [0.15, 0.2) is 0 Å². The highest BCUT2D eigenvalue weighted by Crippen LogP contribution is 2.57. The molecular formula is C46H79N7O11S4. The molecule has 0 spiro atoms. The molecule has 0 radical (unpaired) electrons. The van der Waals surface area contributed by atoms with Crippen molar-refractivity contribution in [3.8, 4) is 0 Å². The maximum Gasteiger partial charge on any atom is 0.407 e. The van der Waals surface area contributed by atoms with Crippen LogP contribution in [-0.4, -0.2) is 129 Å². The van der Waals surface area contributed by atoms with Gasteiger partial charge in [0.1, 0.15) is 11.2 Å². The van der Waals surface area contributed by atoms with E-state index >= 15 is 0 Å². The number of nitrogens with zero attached hydrogens (tertiary/aromatic N) is 2. The van der Waals surface area contributed by atoms with E-state index in [1.54, 1.807) is 89.6 Å². The predicted octanol–water partition coefficient (Wildman–Crippen LogP) is 6.61. The summed E-state index contributed by atoms with van der Waals surface area (Å²) in [6.45, 7) is 11.3. The first-order valence-corrected chi connectivity index (χ1v) is 28.6. The lowest BCUT2D eigenvalue weighted by Crippen LogP contribution is -2.41. The molecule has 388 valence electrons. The van der Waals surface area contributed by atoms with Gasteiger partial charge in [0.05, 0.1) is 22.3 Å². The summed E-state index contributed by atoms with van der Waals surface area (Å²) in [6, 6.07) is 0. The van der Waals surface area contributed by atoms with Crippen molar-refractivity contribution < 1.29 is 52.6 Å². The maximum absolute atomic E-state index is 13.5. The molecule has 0 unspecified atom stereocenters. The molecule has 2 aliphatic heterocycles. The number of hydrogen-bond donors (Lipinski definition) is 5. The minimum Gasteiger partial charge on any atom is -0.444 e. The summed E-state index contributed by atoms with van der Waals surface area (Å²) in [7, 11) is 6.96. The van der Waals surface area contributed by atoms with Crippen molar-refractivity contribution in [1.82, 2.24) is 25.8 Å². The molecule has 0 saturated carbocycles. The quantitative estimate of drug-likeness (QED) is 0.0249. The lowest BCUT2D eigenvalue weighted by Gasteiger charge is -2.24. The van der Waals surface area contributed by atoms with E-state index < -0.39 is 29.3 Å². The number of nitrogens with two attached hydrogens (primary N) is 2. The van der Waals surface area contributed by atoms with E-state index in [0.717, 1.165) is 38.5 Å². The van der Waals surface area contributed by atoms with Gasteiger partial charge in [0.15, 0.2) is 11.6 Å². The van der Waals surface area contributed by atoms with Crippen molar-refractivity contribution in [3.05, 3.63) is 0 Å². The smallest absolute Gasteiger partial charge is 0.407 e. The van der Waals surface area contributed by atoms with Gasteiger partial charge in [-0.25, -0.2) is 9.59 Å². The zero-order chi connectivity index (χ0) is 50.7. The average molecular weight is 1030 g/mol. The summed E-state index contributed by atoms with van der Waals surface area (Å²) in [4.78, 5) is 117. The van der Waals surface area contributed by atoms with Crippen molar-refractivity contribution in [1.29, 1.82) is 0 Å². The summed E-state index contributed by atoms with van der Waals surface area (Å²) in [5.74, 6) is -2.36. The van der Waals surface area contributed by atoms with Crippen LogP contribution in [-0.2, 0) is 43.0 Å². The number of ether oxygens (including phenoxy) is 2. The molecule has 2 fully saturated rings. The molecular weight excluding hydrogens is 955 g/mol. The fourth-order valence-corrected chi connectivity index (χ4v) is 9.89. The van der Waals surface area contributed by atoms with E-state index in [2.05, 4.69) is 16.0 Å². The molecule has 0 aliphatic carbocycles. The first-order valence-electron chi connectivity index (χ1n) is 24.0. The van der Waals surface area contributed by atoms with Crippen LogP contribution in [0.2, 0.25) is 0 Å². The van der Waals surface area contributed by atoms with Gasteiger partial charge in [0.2, 0.25) is 29.5 Å². The van der Waals surface area contributed by atoms with Gasteiger partial charge >= 0.3 is 12.2 Å². The van der Waals surface area contributed by atoms with Crippen LogP contribution in [0.5, 0.6) is 0 Å². The molecule has 68 heavy (non-hydrogen) atoms. The largest absolute Gasteiger partial charge is 0.444 e. The minimum atomic E-state index is -0.653. The average Bonchev–Trinajstić information content (AvgIpc) is 4.18. The van der Waals surface area contributed by atoms with Gasteiger partial charge in [-0.3, -0.25) is 33.6 Å². The van der Waals surface area contributed by atoms with E-state index in [4.69, 9.17) is 20.9 Å². The first-order chi connectivity index (χ1) is 32.0. The van der Waals surface area contributed by atoms with Crippen LogP contribution in [0.4, 0.5) is 9.59 Å². The standard InChI is InChI=1S/C46H79N7O11S4/c1-45(2,3)63-43(61)50-23-14-26-52(27-15-24-51-44(62)64-46(4,5)6)37(57)21-13-20-36(56)49-25-22-38(58)53(30-34(54)18-11-7-9-16-32(41(47)59)28-39-65-66-39)31-35(55)19-12-8-10-17-33(42(48)60)29-40-67-68-40/h32-33,39-40H,7-31H2,1-6H3,(H2,47,59)(H2,48,60)(H,49,56)(H,50,61)(H,51,62)/t32-,33-/m1/s1. The second kappa shape index (κ2) is 32.5. The predicted molar refractivity (Wildman–Crippen MR) is 271 cm³/mol. The first kappa shape index (κ1) is 60.8. The summed E-state index contributed by atoms with van der Waals surface area (Å²) in [6.07, 6.45) is 7.30. The number of ketones is 2. The van der Waals surface area contributed by atoms with Crippen molar-refractivity contribution in [2.75, 3.05) is 45.8 Å². The molecule has 0 bridgehead atoms. The molecule has 2 saturated heterocycles. The molecule has 0 aromatic carbocycles. The summed E-state index contributed by atoms with van der Waals surface area (Å²) >= 11 is 0. The van der Waals surface area contributed by atoms with Gasteiger partial charge in [-0.1, -0.05) is 68.9 Å². The Labute approximate surface area is 419 Å². The van der Waals surface area contributed by atoms with Crippen LogP contribution in [0.1, 0.15) is 157 Å². The zero-order valence-electron chi connectivity index (χ0n) is 41.2. The molecule has 18 nitrogen and oxygen atoms in total. The van der Waals surface area contributed by atoms with Gasteiger partial charge in [-0.05, 0) is 99.3 Å². The molecule has 7 amide bonds. The number of alkyl carbamates (subject to hydrolysis) is 2. The minimum absolute atomic E-state index is 0.0201. The fourth-order valence-electron chi connectivity index (χ4n) is 7.07. The molecule has 7 N–H and O–H groups in total. The Morgan fingerprint density at radius 2 is 0.926 bits per heavy atom. The van der Waals surface area contributed by atoms with Crippen molar-refractivity contribution in [3.63, 3.8) is 0 Å². The van der Waals surface area contributed by atoms with Crippen LogP contribution in [0.3, 0.4) is 0 Å². The van der Waals surface area contributed by atoms with Crippen LogP contribution >= 0.6 is 43.2 Å². The third-order valence-electron chi connectivity index (χ3n) is 10.7. The maximum atomic E-state index is 13.5. The number of primary amides is 2. The highest BCUT2D eigenvalue weighted by atomic mass is 33.2. The zero-order valence-corrected chi connectivity index (χ0v) is 44.4. The number of carbonyl (C=O) groups excluding carboxylic acids is 9. The number of unbranched alkanes of at least 4 members (excludes halogenated alkanes) is 4. The monoisotopic (exact) mass is 1030 g/mol. The van der Waals surface area contributed by atoms with Gasteiger partial charge in [-0.2, -0.15) is 0 Å². The van der Waals surface area contributed by atoms with Crippen LogP contribution in [0.25, 0.3) is 0 Å².